The first-order valence-electron chi connectivity index (χ1n) is 13.0. The van der Waals surface area contributed by atoms with Gasteiger partial charge in [-0.2, -0.15) is 14.3 Å². The summed E-state index contributed by atoms with van der Waals surface area (Å²) in [7, 11) is 1.42. The number of aromatic nitrogens is 6. The van der Waals surface area contributed by atoms with Gasteiger partial charge in [0.2, 0.25) is 5.95 Å². The Hall–Kier alpha value is -3.65. The van der Waals surface area contributed by atoms with Crippen molar-refractivity contribution in [3.8, 4) is 11.4 Å². The van der Waals surface area contributed by atoms with Gasteiger partial charge in [-0.3, -0.25) is 4.90 Å². The Morgan fingerprint density at radius 3 is 2.77 bits per heavy atom. The highest BCUT2D eigenvalue weighted by Gasteiger charge is 2.43. The summed E-state index contributed by atoms with van der Waals surface area (Å²) in [6, 6.07) is 2.82. The predicted molar refractivity (Wildman–Crippen MR) is 139 cm³/mol. The number of aliphatic hydroxyl groups is 1. The molecule has 2 aliphatic rings. The second-order valence-corrected chi connectivity index (χ2v) is 10.9. The molecule has 3 aromatic rings. The topological polar surface area (TPSA) is 135 Å². The molecular formula is C25H33F2N9O3. The number of rotatable bonds is 8. The van der Waals surface area contributed by atoms with E-state index in [1.54, 1.807) is 0 Å². The zero-order valence-corrected chi connectivity index (χ0v) is 22.4. The Bertz CT molecular complexity index is 1410. The number of piperidine rings is 1. The van der Waals surface area contributed by atoms with Crippen molar-refractivity contribution in [2.24, 2.45) is 7.05 Å². The van der Waals surface area contributed by atoms with E-state index in [1.807, 2.05) is 0 Å². The lowest BCUT2D eigenvalue weighted by Gasteiger charge is -2.47. The normalized spacial score (nSPS) is 21.4. The van der Waals surface area contributed by atoms with Gasteiger partial charge in [0.15, 0.2) is 17.5 Å². The molecule has 0 spiro atoms. The Labute approximate surface area is 224 Å². The number of aliphatic hydroxyl groups excluding tert-OH is 1. The molecule has 2 saturated heterocycles. The molecule has 14 heteroatoms. The van der Waals surface area contributed by atoms with Crippen molar-refractivity contribution in [3.05, 3.63) is 40.4 Å². The quantitative estimate of drug-likeness (QED) is 0.387. The first-order valence-corrected chi connectivity index (χ1v) is 13.0. The SMILES string of the molecule is C[C@@H](O)COc1cc(F)c(Nc2ncc(F)c(N[C@@H]3C[C@@H]4CCCN4C(C)(C)C3)n2)cc1-n1nnn(C)c1=O. The highest BCUT2D eigenvalue weighted by Crippen LogP contribution is 2.38. The van der Waals surface area contributed by atoms with E-state index in [2.05, 4.69) is 49.8 Å². The smallest absolute Gasteiger partial charge is 0.368 e. The molecule has 3 atom stereocenters. The number of hydrogen-bond acceptors (Lipinski definition) is 10. The van der Waals surface area contributed by atoms with E-state index in [0.29, 0.717) is 6.04 Å². The van der Waals surface area contributed by atoms with Crippen LogP contribution in [0.15, 0.2) is 23.1 Å². The number of anilines is 3. The van der Waals surface area contributed by atoms with Gasteiger partial charge in [-0.15, -0.1) is 0 Å². The lowest BCUT2D eigenvalue weighted by molar-refractivity contribution is 0.0500. The van der Waals surface area contributed by atoms with E-state index >= 15 is 4.39 Å². The number of ether oxygens (including phenoxy) is 1. The fraction of sp³-hybridized carbons (Fsp3) is 0.560. The van der Waals surface area contributed by atoms with Crippen LogP contribution < -0.4 is 21.1 Å². The van der Waals surface area contributed by atoms with Gasteiger partial charge in [-0.25, -0.2) is 18.6 Å². The van der Waals surface area contributed by atoms with Gasteiger partial charge in [0.25, 0.3) is 0 Å². The summed E-state index contributed by atoms with van der Waals surface area (Å²) in [5.41, 5.74) is -0.610. The molecule has 5 rings (SSSR count). The number of nitrogens with zero attached hydrogens (tertiary/aromatic N) is 7. The average molecular weight is 546 g/mol. The fourth-order valence-corrected chi connectivity index (χ4v) is 5.56. The summed E-state index contributed by atoms with van der Waals surface area (Å²) >= 11 is 0. The van der Waals surface area contributed by atoms with Gasteiger partial charge in [-0.05, 0) is 69.5 Å². The van der Waals surface area contributed by atoms with Gasteiger partial charge in [0, 0.05) is 30.7 Å². The third-order valence-electron chi connectivity index (χ3n) is 7.27. The summed E-state index contributed by atoms with van der Waals surface area (Å²) in [4.78, 5) is 23.3. The molecule has 39 heavy (non-hydrogen) atoms. The lowest BCUT2D eigenvalue weighted by Crippen LogP contribution is -2.55. The van der Waals surface area contributed by atoms with Gasteiger partial charge in [-0.1, -0.05) is 0 Å². The monoisotopic (exact) mass is 545 g/mol. The minimum atomic E-state index is -0.831. The van der Waals surface area contributed by atoms with E-state index in [1.165, 1.54) is 20.0 Å². The van der Waals surface area contributed by atoms with Crippen LogP contribution in [0.5, 0.6) is 5.75 Å². The zero-order valence-electron chi connectivity index (χ0n) is 22.4. The van der Waals surface area contributed by atoms with Gasteiger partial charge >= 0.3 is 5.69 Å². The maximum absolute atomic E-state index is 15.1. The van der Waals surface area contributed by atoms with E-state index in [-0.39, 0.29) is 47.1 Å². The van der Waals surface area contributed by atoms with Crippen LogP contribution in [-0.4, -0.2) is 76.6 Å². The molecule has 1 aromatic carbocycles. The van der Waals surface area contributed by atoms with Crippen LogP contribution in [0.25, 0.3) is 5.69 Å². The van der Waals surface area contributed by atoms with Crippen LogP contribution >= 0.6 is 0 Å². The number of halogens is 2. The van der Waals surface area contributed by atoms with Crippen molar-refractivity contribution in [2.75, 3.05) is 23.8 Å². The molecule has 2 aromatic heterocycles. The van der Waals surface area contributed by atoms with Crippen molar-refractivity contribution in [1.29, 1.82) is 0 Å². The predicted octanol–water partition coefficient (Wildman–Crippen LogP) is 2.35. The molecule has 2 fully saturated rings. The van der Waals surface area contributed by atoms with Crippen molar-refractivity contribution in [2.45, 2.75) is 70.2 Å². The van der Waals surface area contributed by atoms with Crippen LogP contribution in [-0.2, 0) is 7.05 Å². The summed E-state index contributed by atoms with van der Waals surface area (Å²) in [5.74, 6) is -1.38. The third kappa shape index (κ3) is 5.57. The van der Waals surface area contributed by atoms with Crippen LogP contribution in [0.2, 0.25) is 0 Å². The summed E-state index contributed by atoms with van der Waals surface area (Å²) < 4.78 is 37.4. The van der Waals surface area contributed by atoms with Gasteiger partial charge < -0.3 is 20.5 Å². The van der Waals surface area contributed by atoms with E-state index in [9.17, 15) is 14.3 Å². The van der Waals surface area contributed by atoms with Crippen molar-refractivity contribution >= 4 is 17.5 Å². The molecule has 210 valence electrons. The fourth-order valence-electron chi connectivity index (χ4n) is 5.56. The number of benzene rings is 1. The highest BCUT2D eigenvalue weighted by molar-refractivity contribution is 5.63. The van der Waals surface area contributed by atoms with Crippen molar-refractivity contribution in [3.63, 3.8) is 0 Å². The van der Waals surface area contributed by atoms with E-state index < -0.39 is 23.4 Å². The van der Waals surface area contributed by atoms with Gasteiger partial charge in [0.05, 0.1) is 18.0 Å². The Morgan fingerprint density at radius 2 is 2.05 bits per heavy atom. The second-order valence-electron chi connectivity index (χ2n) is 10.9. The minimum Gasteiger partial charge on any atom is -0.489 e. The van der Waals surface area contributed by atoms with E-state index in [4.69, 9.17) is 4.74 Å². The van der Waals surface area contributed by atoms with Crippen LogP contribution in [0.4, 0.5) is 26.2 Å². The molecule has 3 N–H and O–H groups in total. The zero-order chi connectivity index (χ0) is 27.9. The van der Waals surface area contributed by atoms with Crippen LogP contribution in [0.3, 0.4) is 0 Å². The Balaban J connectivity index is 1.41. The molecule has 2 aliphatic heterocycles. The Morgan fingerprint density at radius 1 is 1.26 bits per heavy atom. The molecule has 0 amide bonds. The molecule has 0 aliphatic carbocycles. The largest absolute Gasteiger partial charge is 0.489 e. The third-order valence-corrected chi connectivity index (χ3v) is 7.27. The molecule has 0 bridgehead atoms. The minimum absolute atomic E-state index is 0.0166. The number of tetrazole rings is 1. The first kappa shape index (κ1) is 26.9. The molecule has 0 unspecified atom stereocenters. The van der Waals surface area contributed by atoms with Gasteiger partial charge in [0.1, 0.15) is 18.0 Å². The van der Waals surface area contributed by atoms with Crippen LogP contribution in [0, 0.1) is 11.6 Å². The lowest BCUT2D eigenvalue weighted by atomic mass is 9.84. The number of fused-ring (bicyclic) bond motifs is 1. The average Bonchev–Trinajstić information content (AvgIpc) is 3.48. The molecule has 4 heterocycles. The maximum atomic E-state index is 15.1. The van der Waals surface area contributed by atoms with E-state index in [0.717, 1.165) is 53.9 Å². The number of nitrogens with one attached hydrogen (secondary N) is 2. The molecule has 0 radical (unpaired) electrons. The summed E-state index contributed by atoms with van der Waals surface area (Å²) in [5, 5.41) is 23.1. The second kappa shape index (κ2) is 10.5. The molecule has 12 nitrogen and oxygen atoms in total. The molecular weight excluding hydrogens is 512 g/mol. The maximum Gasteiger partial charge on any atom is 0.368 e. The summed E-state index contributed by atoms with van der Waals surface area (Å²) in [6.45, 7) is 6.87. The molecule has 0 saturated carbocycles. The number of hydrogen-bond donors (Lipinski definition) is 3. The van der Waals surface area contributed by atoms with Crippen molar-refractivity contribution < 1.29 is 18.6 Å². The standard InChI is InChI=1S/C25H33F2N9O3/c1-14(37)13-39-21-9-17(26)19(10-20(21)36-24(38)34(4)32-33-36)30-23-28-12-18(27)22(31-23)29-15-8-16-6-5-7-35(16)25(2,3)11-15/h9-10,12,14-16,37H,5-8,11,13H2,1-4H3,(H2,28,29,30,31)/t14-,15-,16+/m1/s1. The van der Waals surface area contributed by atoms with Crippen LogP contribution in [0.1, 0.15) is 46.5 Å². The summed E-state index contributed by atoms with van der Waals surface area (Å²) in [6.07, 6.45) is 4.19. The highest BCUT2D eigenvalue weighted by atomic mass is 19.1. The Kier molecular flexibility index (Phi) is 7.25. The van der Waals surface area contributed by atoms with Crippen molar-refractivity contribution in [1.82, 2.24) is 34.7 Å². The first-order chi connectivity index (χ1) is 18.5. The number of aryl methyl sites for hydroxylation is 1.